The number of fused-ring (bicyclic) bond motifs is 1. The molecule has 2 aromatic carbocycles. The highest BCUT2D eigenvalue weighted by Gasteiger charge is 2.18. The van der Waals surface area contributed by atoms with Gasteiger partial charge in [-0.25, -0.2) is 10.2 Å². The largest absolute Gasteiger partial charge is 0.478 e. The number of carboxylic acids is 1. The molecular weight excluding hydrogens is 318 g/mol. The third-order valence-corrected chi connectivity index (χ3v) is 4.10. The van der Waals surface area contributed by atoms with Gasteiger partial charge < -0.3 is 10.0 Å². The summed E-state index contributed by atoms with van der Waals surface area (Å²) in [5, 5.41) is 12.8. The van der Waals surface area contributed by atoms with E-state index in [2.05, 4.69) is 21.5 Å². The normalized spacial score (nSPS) is 13.5. The van der Waals surface area contributed by atoms with Gasteiger partial charge in [0.1, 0.15) is 0 Å². The molecule has 0 aromatic heterocycles. The molecular formula is C19H19N3O3. The zero-order valence-electron chi connectivity index (χ0n) is 13.7. The summed E-state index contributed by atoms with van der Waals surface area (Å²) < 4.78 is 0. The number of carbonyl (C=O) groups excluding carboxylic acids is 1. The van der Waals surface area contributed by atoms with Gasteiger partial charge >= 0.3 is 5.97 Å². The molecule has 0 spiro atoms. The van der Waals surface area contributed by atoms with Gasteiger partial charge in [0, 0.05) is 12.2 Å². The van der Waals surface area contributed by atoms with Crippen molar-refractivity contribution in [3.63, 3.8) is 0 Å². The highest BCUT2D eigenvalue weighted by molar-refractivity contribution is 5.89. The van der Waals surface area contributed by atoms with E-state index in [1.807, 2.05) is 18.2 Å². The number of hydrazone groups is 1. The lowest BCUT2D eigenvalue weighted by Gasteiger charge is -2.30. The number of carbonyl (C=O) groups is 2. The average molecular weight is 337 g/mol. The molecule has 1 heterocycles. The van der Waals surface area contributed by atoms with Crippen LogP contribution in [0, 0.1) is 0 Å². The van der Waals surface area contributed by atoms with E-state index in [0.717, 1.165) is 25.1 Å². The van der Waals surface area contributed by atoms with Crippen molar-refractivity contribution in [2.45, 2.75) is 12.8 Å². The maximum atomic E-state index is 12.1. The summed E-state index contributed by atoms with van der Waals surface area (Å²) in [4.78, 5) is 25.0. The third-order valence-electron chi connectivity index (χ3n) is 4.10. The van der Waals surface area contributed by atoms with Crippen LogP contribution >= 0.6 is 0 Å². The van der Waals surface area contributed by atoms with E-state index in [0.29, 0.717) is 5.56 Å². The van der Waals surface area contributed by atoms with Crippen LogP contribution in [0.25, 0.3) is 0 Å². The Labute approximate surface area is 145 Å². The lowest BCUT2D eigenvalue weighted by atomic mass is 10.0. The van der Waals surface area contributed by atoms with E-state index in [4.69, 9.17) is 5.11 Å². The summed E-state index contributed by atoms with van der Waals surface area (Å²) >= 11 is 0. The van der Waals surface area contributed by atoms with Crippen LogP contribution in [0.3, 0.4) is 0 Å². The number of benzene rings is 2. The first-order valence-electron chi connectivity index (χ1n) is 8.11. The van der Waals surface area contributed by atoms with Crippen molar-refractivity contribution in [3.05, 3.63) is 65.2 Å². The van der Waals surface area contributed by atoms with Crippen molar-refractivity contribution in [2.75, 3.05) is 18.0 Å². The molecule has 3 rings (SSSR count). The maximum absolute atomic E-state index is 12.1. The summed E-state index contributed by atoms with van der Waals surface area (Å²) in [7, 11) is 0. The molecule has 0 saturated carbocycles. The van der Waals surface area contributed by atoms with Crippen LogP contribution in [0.2, 0.25) is 0 Å². The van der Waals surface area contributed by atoms with E-state index in [1.165, 1.54) is 23.9 Å². The second-order valence-electron chi connectivity index (χ2n) is 5.87. The summed E-state index contributed by atoms with van der Waals surface area (Å²) in [6, 6.07) is 14.4. The molecule has 1 aliphatic heterocycles. The van der Waals surface area contributed by atoms with Crippen LogP contribution in [0.4, 0.5) is 5.69 Å². The molecule has 25 heavy (non-hydrogen) atoms. The number of hydrogen-bond donors (Lipinski definition) is 2. The quantitative estimate of drug-likeness (QED) is 0.648. The van der Waals surface area contributed by atoms with Gasteiger partial charge in [0.05, 0.1) is 18.3 Å². The smallest absolute Gasteiger partial charge is 0.335 e. The SMILES string of the molecule is O=C(CN1CCCc2ccccc21)N/N=C\c1ccc(C(=O)O)cc1. The monoisotopic (exact) mass is 337 g/mol. The zero-order chi connectivity index (χ0) is 17.6. The lowest BCUT2D eigenvalue weighted by molar-refractivity contribution is -0.119. The Bertz CT molecular complexity index is 800. The molecule has 2 N–H and O–H groups in total. The summed E-state index contributed by atoms with van der Waals surface area (Å²) in [5.41, 5.74) is 5.82. The predicted molar refractivity (Wildman–Crippen MR) is 96.1 cm³/mol. The van der Waals surface area contributed by atoms with Crippen molar-refractivity contribution in [1.82, 2.24) is 5.43 Å². The Morgan fingerprint density at radius 1 is 1.16 bits per heavy atom. The molecule has 1 aliphatic rings. The van der Waals surface area contributed by atoms with Gasteiger partial charge in [-0.2, -0.15) is 5.10 Å². The molecule has 1 amide bonds. The number of aryl methyl sites for hydroxylation is 1. The molecule has 0 bridgehead atoms. The van der Waals surface area contributed by atoms with E-state index >= 15 is 0 Å². The van der Waals surface area contributed by atoms with Crippen molar-refractivity contribution in [3.8, 4) is 0 Å². The third kappa shape index (κ3) is 4.23. The van der Waals surface area contributed by atoms with E-state index in [1.54, 1.807) is 12.1 Å². The van der Waals surface area contributed by atoms with Gasteiger partial charge in [-0.15, -0.1) is 0 Å². The molecule has 0 fully saturated rings. The highest BCUT2D eigenvalue weighted by Crippen LogP contribution is 2.26. The van der Waals surface area contributed by atoms with E-state index in [-0.39, 0.29) is 18.0 Å². The van der Waals surface area contributed by atoms with Gasteiger partial charge in [-0.3, -0.25) is 4.79 Å². The summed E-state index contributed by atoms with van der Waals surface area (Å²) in [5.74, 6) is -1.16. The lowest BCUT2D eigenvalue weighted by Crippen LogP contribution is -2.38. The minimum Gasteiger partial charge on any atom is -0.478 e. The number of nitrogens with one attached hydrogen (secondary N) is 1. The Hall–Kier alpha value is -3.15. The van der Waals surface area contributed by atoms with Gasteiger partial charge in [0.2, 0.25) is 0 Å². The minimum absolute atomic E-state index is 0.185. The zero-order valence-corrected chi connectivity index (χ0v) is 13.7. The summed E-state index contributed by atoms with van der Waals surface area (Å²) in [6.07, 6.45) is 3.57. The molecule has 128 valence electrons. The predicted octanol–water partition coefficient (Wildman–Crippen LogP) is 2.29. The molecule has 6 heteroatoms. The van der Waals surface area contributed by atoms with Gasteiger partial charge in [-0.05, 0) is 42.2 Å². The molecule has 0 aliphatic carbocycles. The van der Waals surface area contributed by atoms with Crippen LogP contribution in [0.5, 0.6) is 0 Å². The standard InChI is InChI=1S/C19H19N3O3/c23-18(13-22-11-3-5-15-4-1-2-6-17(15)22)21-20-12-14-7-9-16(10-8-14)19(24)25/h1-2,4,6-10,12H,3,5,11,13H2,(H,21,23)(H,24,25)/b20-12-. The topological polar surface area (TPSA) is 82.0 Å². The number of para-hydroxylation sites is 1. The number of amides is 1. The number of aromatic carboxylic acids is 1. The Morgan fingerprint density at radius 3 is 2.68 bits per heavy atom. The molecule has 0 radical (unpaired) electrons. The van der Waals surface area contributed by atoms with Crippen LogP contribution < -0.4 is 10.3 Å². The second-order valence-corrected chi connectivity index (χ2v) is 5.87. The van der Waals surface area contributed by atoms with E-state index in [9.17, 15) is 9.59 Å². The van der Waals surface area contributed by atoms with Crippen LogP contribution in [-0.2, 0) is 11.2 Å². The second kappa shape index (κ2) is 7.61. The molecule has 0 atom stereocenters. The minimum atomic E-state index is -0.974. The number of hydrogen-bond acceptors (Lipinski definition) is 4. The van der Waals surface area contributed by atoms with Gasteiger partial charge in [-0.1, -0.05) is 30.3 Å². The first-order chi connectivity index (χ1) is 12.1. The average Bonchev–Trinajstić information content (AvgIpc) is 2.62. The van der Waals surface area contributed by atoms with Gasteiger partial charge in [0.25, 0.3) is 5.91 Å². The molecule has 0 unspecified atom stereocenters. The highest BCUT2D eigenvalue weighted by atomic mass is 16.4. The van der Waals surface area contributed by atoms with Gasteiger partial charge in [0.15, 0.2) is 0 Å². The fraction of sp³-hybridized carbons (Fsp3) is 0.211. The fourth-order valence-corrected chi connectivity index (χ4v) is 2.88. The maximum Gasteiger partial charge on any atom is 0.335 e. The van der Waals surface area contributed by atoms with Crippen LogP contribution in [-0.4, -0.2) is 36.3 Å². The number of anilines is 1. The fourth-order valence-electron chi connectivity index (χ4n) is 2.88. The van der Waals surface area contributed by atoms with Crippen molar-refractivity contribution in [2.24, 2.45) is 5.10 Å². The first kappa shape index (κ1) is 16.7. The molecule has 0 saturated heterocycles. The number of rotatable bonds is 5. The Kier molecular flexibility index (Phi) is 5.09. The molecule has 6 nitrogen and oxygen atoms in total. The van der Waals surface area contributed by atoms with Crippen LogP contribution in [0.15, 0.2) is 53.6 Å². The first-order valence-corrected chi connectivity index (χ1v) is 8.11. The Morgan fingerprint density at radius 2 is 1.92 bits per heavy atom. The van der Waals surface area contributed by atoms with Crippen molar-refractivity contribution < 1.29 is 14.7 Å². The Balaban J connectivity index is 1.56. The number of nitrogens with zero attached hydrogens (tertiary/aromatic N) is 2. The number of carboxylic acid groups (broad SMARTS) is 1. The summed E-state index contributed by atoms with van der Waals surface area (Å²) in [6.45, 7) is 1.11. The van der Waals surface area contributed by atoms with Crippen molar-refractivity contribution >= 4 is 23.8 Å². The van der Waals surface area contributed by atoms with Crippen LogP contribution in [0.1, 0.15) is 27.9 Å². The molecule has 2 aromatic rings. The van der Waals surface area contributed by atoms with Crippen molar-refractivity contribution in [1.29, 1.82) is 0 Å². The van der Waals surface area contributed by atoms with E-state index < -0.39 is 5.97 Å².